The molecule has 0 aromatic heterocycles. The summed E-state index contributed by atoms with van der Waals surface area (Å²) in [5, 5.41) is 11.8. The molecule has 1 aliphatic heterocycles. The number of ether oxygens (including phenoxy) is 2. The van der Waals surface area contributed by atoms with Crippen LogP contribution in [-0.4, -0.2) is 45.9 Å². The first-order chi connectivity index (χ1) is 14.4. The number of carbonyl (C=O) groups is 1. The van der Waals surface area contributed by atoms with Crippen LogP contribution in [0.3, 0.4) is 0 Å². The summed E-state index contributed by atoms with van der Waals surface area (Å²) >= 11 is 0. The quantitative estimate of drug-likeness (QED) is 0.756. The number of methoxy groups -OCH3 is 2. The topological polar surface area (TPSA) is 109 Å². The van der Waals surface area contributed by atoms with Crippen LogP contribution >= 0.6 is 0 Å². The van der Waals surface area contributed by atoms with E-state index in [0.717, 1.165) is 0 Å². The molecule has 0 saturated carbocycles. The van der Waals surface area contributed by atoms with Gasteiger partial charge in [0.05, 0.1) is 36.7 Å². The van der Waals surface area contributed by atoms with Crippen LogP contribution in [0, 0.1) is 17.2 Å². The summed E-state index contributed by atoms with van der Waals surface area (Å²) in [5.41, 5.74) is 0.952. The fourth-order valence-corrected chi connectivity index (χ4v) is 4.95. The Kier molecular flexibility index (Phi) is 6.59. The monoisotopic (exact) mass is 429 g/mol. The summed E-state index contributed by atoms with van der Waals surface area (Å²) in [6, 6.07) is 13.1. The molecular formula is C21H23N3O5S. The van der Waals surface area contributed by atoms with Gasteiger partial charge in [-0.3, -0.25) is 4.79 Å². The molecule has 1 N–H and O–H groups in total. The van der Waals surface area contributed by atoms with Crippen LogP contribution in [0.5, 0.6) is 11.5 Å². The van der Waals surface area contributed by atoms with Crippen molar-refractivity contribution in [2.75, 3.05) is 32.6 Å². The number of nitriles is 1. The van der Waals surface area contributed by atoms with Crippen LogP contribution in [0.25, 0.3) is 0 Å². The average molecular weight is 429 g/mol. The van der Waals surface area contributed by atoms with Crippen LogP contribution in [0.1, 0.15) is 18.4 Å². The van der Waals surface area contributed by atoms with Gasteiger partial charge in [0.1, 0.15) is 0 Å². The third-order valence-corrected chi connectivity index (χ3v) is 6.87. The number of nitrogens with one attached hydrogen (secondary N) is 1. The third-order valence-electron chi connectivity index (χ3n) is 5.01. The van der Waals surface area contributed by atoms with E-state index in [4.69, 9.17) is 14.7 Å². The van der Waals surface area contributed by atoms with E-state index < -0.39 is 15.9 Å². The normalized spacial score (nSPS) is 17.0. The summed E-state index contributed by atoms with van der Waals surface area (Å²) in [6.07, 6.45) is 1.16. The van der Waals surface area contributed by atoms with Crippen molar-refractivity contribution < 1.29 is 22.7 Å². The van der Waals surface area contributed by atoms with Gasteiger partial charge >= 0.3 is 0 Å². The minimum absolute atomic E-state index is 0.0838. The maximum atomic E-state index is 13.1. The highest BCUT2D eigenvalue weighted by Crippen LogP contribution is 2.32. The Bertz CT molecular complexity index is 1080. The fraction of sp³-hybridized carbons (Fsp3) is 0.333. The van der Waals surface area contributed by atoms with Gasteiger partial charge in [0.2, 0.25) is 15.9 Å². The minimum atomic E-state index is -3.79. The Balaban J connectivity index is 1.76. The van der Waals surface area contributed by atoms with Crippen LogP contribution in [0.4, 0.5) is 5.69 Å². The first-order valence-electron chi connectivity index (χ1n) is 9.42. The number of rotatable bonds is 6. The van der Waals surface area contributed by atoms with Gasteiger partial charge in [0.25, 0.3) is 0 Å². The van der Waals surface area contributed by atoms with Crippen molar-refractivity contribution in [1.29, 1.82) is 5.26 Å². The van der Waals surface area contributed by atoms with Gasteiger partial charge in [0.15, 0.2) is 11.5 Å². The molecule has 1 aliphatic rings. The smallest absolute Gasteiger partial charge is 0.243 e. The number of nitrogens with zero attached hydrogens (tertiary/aromatic N) is 2. The summed E-state index contributed by atoms with van der Waals surface area (Å²) in [7, 11) is -0.875. The molecule has 9 heteroatoms. The lowest BCUT2D eigenvalue weighted by Crippen LogP contribution is -2.43. The van der Waals surface area contributed by atoms with E-state index in [1.54, 1.807) is 30.3 Å². The van der Waals surface area contributed by atoms with E-state index in [2.05, 4.69) is 5.32 Å². The predicted octanol–water partition coefficient (Wildman–Crippen LogP) is 2.61. The first-order valence-corrected chi connectivity index (χ1v) is 10.9. The molecule has 2 aromatic rings. The van der Waals surface area contributed by atoms with Crippen molar-refractivity contribution in [3.05, 3.63) is 48.0 Å². The molecule has 1 atom stereocenters. The van der Waals surface area contributed by atoms with Crippen molar-refractivity contribution in [3.8, 4) is 17.6 Å². The molecule has 1 amide bonds. The Labute approximate surface area is 176 Å². The Morgan fingerprint density at radius 1 is 1.17 bits per heavy atom. The lowest BCUT2D eigenvalue weighted by Gasteiger charge is -2.31. The molecule has 3 rings (SSSR count). The maximum Gasteiger partial charge on any atom is 0.243 e. The molecule has 0 radical (unpaired) electrons. The van der Waals surface area contributed by atoms with E-state index in [0.29, 0.717) is 42.1 Å². The van der Waals surface area contributed by atoms with Crippen molar-refractivity contribution >= 4 is 21.6 Å². The molecule has 8 nitrogen and oxygen atoms in total. The number of amides is 1. The second kappa shape index (κ2) is 9.15. The van der Waals surface area contributed by atoms with Crippen LogP contribution in [0.2, 0.25) is 0 Å². The molecule has 0 bridgehead atoms. The fourth-order valence-electron chi connectivity index (χ4n) is 3.41. The van der Waals surface area contributed by atoms with Crippen molar-refractivity contribution in [1.82, 2.24) is 4.31 Å². The molecular weight excluding hydrogens is 406 g/mol. The largest absolute Gasteiger partial charge is 0.493 e. The summed E-state index contributed by atoms with van der Waals surface area (Å²) in [5.74, 6) is 0.00547. The molecule has 0 aliphatic carbocycles. The highest BCUT2D eigenvalue weighted by molar-refractivity contribution is 7.89. The lowest BCUT2D eigenvalue weighted by atomic mass is 9.98. The molecule has 1 saturated heterocycles. The van der Waals surface area contributed by atoms with Gasteiger partial charge in [0, 0.05) is 24.8 Å². The standard InChI is InChI=1S/C21H23N3O5S/c1-28-19-9-8-18(12-20(19)29-2)30(26,27)24-10-4-6-16(14-24)21(25)23-17-7-3-5-15(11-17)13-22/h3,5,7-9,11-12,16H,4,6,10,14H2,1-2H3,(H,23,25)/t16-/m0/s1. The molecule has 30 heavy (non-hydrogen) atoms. The zero-order chi connectivity index (χ0) is 21.7. The number of hydrogen-bond acceptors (Lipinski definition) is 6. The zero-order valence-corrected chi connectivity index (χ0v) is 17.6. The molecule has 1 fully saturated rings. The van der Waals surface area contributed by atoms with E-state index in [-0.39, 0.29) is 17.3 Å². The molecule has 1 heterocycles. The van der Waals surface area contributed by atoms with Gasteiger partial charge in [-0.2, -0.15) is 9.57 Å². The Morgan fingerprint density at radius 3 is 2.63 bits per heavy atom. The van der Waals surface area contributed by atoms with E-state index in [1.807, 2.05) is 6.07 Å². The third kappa shape index (κ3) is 4.56. The van der Waals surface area contributed by atoms with Gasteiger partial charge < -0.3 is 14.8 Å². The van der Waals surface area contributed by atoms with E-state index in [9.17, 15) is 13.2 Å². The van der Waals surface area contributed by atoms with Crippen LogP contribution < -0.4 is 14.8 Å². The van der Waals surface area contributed by atoms with E-state index in [1.165, 1.54) is 30.7 Å². The summed E-state index contributed by atoms with van der Waals surface area (Å²) in [4.78, 5) is 12.8. The molecule has 0 spiro atoms. The number of piperidine rings is 1. The number of carbonyl (C=O) groups excluding carboxylic acids is 1. The summed E-state index contributed by atoms with van der Waals surface area (Å²) < 4.78 is 38.0. The zero-order valence-electron chi connectivity index (χ0n) is 16.8. The first kappa shape index (κ1) is 21.6. The maximum absolute atomic E-state index is 13.1. The lowest BCUT2D eigenvalue weighted by molar-refractivity contribution is -0.120. The highest BCUT2D eigenvalue weighted by Gasteiger charge is 2.33. The molecule has 158 valence electrons. The van der Waals surface area contributed by atoms with Crippen molar-refractivity contribution in [2.45, 2.75) is 17.7 Å². The van der Waals surface area contributed by atoms with Crippen molar-refractivity contribution in [3.63, 3.8) is 0 Å². The number of sulfonamides is 1. The average Bonchev–Trinajstić information content (AvgIpc) is 2.78. The number of anilines is 1. The highest BCUT2D eigenvalue weighted by atomic mass is 32.2. The Hall–Kier alpha value is -3.09. The van der Waals surface area contributed by atoms with E-state index >= 15 is 0 Å². The van der Waals surface area contributed by atoms with Crippen LogP contribution in [0.15, 0.2) is 47.4 Å². The van der Waals surface area contributed by atoms with Gasteiger partial charge in [-0.1, -0.05) is 6.07 Å². The second-order valence-corrected chi connectivity index (χ2v) is 8.84. The van der Waals surface area contributed by atoms with Gasteiger partial charge in [-0.25, -0.2) is 8.42 Å². The number of hydrogen-bond donors (Lipinski definition) is 1. The minimum Gasteiger partial charge on any atom is -0.493 e. The second-order valence-electron chi connectivity index (χ2n) is 6.90. The van der Waals surface area contributed by atoms with Gasteiger partial charge in [-0.15, -0.1) is 0 Å². The number of benzene rings is 2. The summed E-state index contributed by atoms with van der Waals surface area (Å²) in [6.45, 7) is 0.421. The SMILES string of the molecule is COc1ccc(S(=O)(=O)N2CCC[C@H](C(=O)Nc3cccc(C#N)c3)C2)cc1OC. The Morgan fingerprint density at radius 2 is 1.93 bits per heavy atom. The van der Waals surface area contributed by atoms with Crippen LogP contribution in [-0.2, 0) is 14.8 Å². The predicted molar refractivity (Wildman–Crippen MR) is 111 cm³/mol. The molecule has 0 unspecified atom stereocenters. The molecule has 2 aromatic carbocycles. The van der Waals surface area contributed by atoms with Gasteiger partial charge in [-0.05, 0) is 43.2 Å². The van der Waals surface area contributed by atoms with Crippen molar-refractivity contribution in [2.24, 2.45) is 5.92 Å².